The number of aromatic nitrogens is 1. The summed E-state index contributed by atoms with van der Waals surface area (Å²) in [4.78, 5) is 20.2. The van der Waals surface area contributed by atoms with Crippen LogP contribution in [0.1, 0.15) is 22.3 Å². The molecule has 1 fully saturated rings. The number of aromatic carboxylic acids is 1. The highest BCUT2D eigenvalue weighted by molar-refractivity contribution is 5.93. The van der Waals surface area contributed by atoms with E-state index < -0.39 is 5.97 Å². The van der Waals surface area contributed by atoms with Gasteiger partial charge in [0.25, 0.3) is 0 Å². The summed E-state index contributed by atoms with van der Waals surface area (Å²) < 4.78 is 5.95. The summed E-state index contributed by atoms with van der Waals surface area (Å²) >= 11 is 0. The first kappa shape index (κ1) is 19.9. The summed E-state index contributed by atoms with van der Waals surface area (Å²) in [7, 11) is 1.93. The third-order valence-corrected chi connectivity index (χ3v) is 5.43. The number of rotatable bonds is 7. The predicted octanol–water partition coefficient (Wildman–Crippen LogP) is 4.28. The van der Waals surface area contributed by atoms with Gasteiger partial charge in [-0.25, -0.2) is 9.78 Å². The molecular formula is C24H25N3O3. The number of ether oxygens (including phenoxy) is 1. The molecule has 0 spiro atoms. The number of benzene rings is 2. The van der Waals surface area contributed by atoms with Crippen LogP contribution in [-0.4, -0.2) is 47.1 Å². The number of pyridine rings is 1. The Morgan fingerprint density at radius 2 is 1.93 bits per heavy atom. The highest BCUT2D eigenvalue weighted by Gasteiger charge is 2.28. The van der Waals surface area contributed by atoms with Crippen molar-refractivity contribution in [3.05, 3.63) is 84.1 Å². The van der Waals surface area contributed by atoms with Gasteiger partial charge in [-0.1, -0.05) is 30.3 Å². The predicted molar refractivity (Wildman–Crippen MR) is 116 cm³/mol. The van der Waals surface area contributed by atoms with Crippen molar-refractivity contribution in [1.29, 1.82) is 0 Å². The molecule has 1 aliphatic rings. The second-order valence-corrected chi connectivity index (χ2v) is 7.53. The monoisotopic (exact) mass is 403 g/mol. The van der Waals surface area contributed by atoms with Crippen LogP contribution in [0.4, 0.5) is 5.82 Å². The van der Waals surface area contributed by atoms with Gasteiger partial charge in [-0.05, 0) is 48.4 Å². The number of carboxylic acids is 1. The van der Waals surface area contributed by atoms with Crippen LogP contribution in [0.3, 0.4) is 0 Å². The Balaban J connectivity index is 1.40. The van der Waals surface area contributed by atoms with Crippen LogP contribution in [0.15, 0.2) is 72.9 Å². The van der Waals surface area contributed by atoms with E-state index in [1.807, 2.05) is 54.4 Å². The lowest BCUT2D eigenvalue weighted by atomic mass is 10.2. The Kier molecular flexibility index (Phi) is 5.95. The van der Waals surface area contributed by atoms with Gasteiger partial charge in [-0.3, -0.25) is 4.90 Å². The van der Waals surface area contributed by atoms with Gasteiger partial charge in [-0.2, -0.15) is 0 Å². The van der Waals surface area contributed by atoms with Gasteiger partial charge in [0.15, 0.2) is 0 Å². The van der Waals surface area contributed by atoms with Crippen molar-refractivity contribution in [3.8, 4) is 11.5 Å². The molecule has 1 saturated heterocycles. The normalized spacial score (nSPS) is 16.4. The van der Waals surface area contributed by atoms with E-state index in [0.717, 1.165) is 37.6 Å². The van der Waals surface area contributed by atoms with Crippen molar-refractivity contribution in [1.82, 2.24) is 9.88 Å². The van der Waals surface area contributed by atoms with Gasteiger partial charge in [0, 0.05) is 38.9 Å². The van der Waals surface area contributed by atoms with E-state index in [1.54, 1.807) is 18.3 Å². The van der Waals surface area contributed by atoms with E-state index in [1.165, 1.54) is 5.56 Å². The number of para-hydroxylation sites is 1. The average molecular weight is 403 g/mol. The van der Waals surface area contributed by atoms with Crippen molar-refractivity contribution in [2.45, 2.75) is 19.0 Å². The molecule has 6 heteroatoms. The standard InChI is InChI=1S/C24H25N3O3/c1-26(23-22(24(28)29)11-6-13-25-23)19-12-14-27(17-19)16-18-7-5-10-21(15-18)30-20-8-3-2-4-9-20/h2-11,13,15,19H,12,14,16-17H2,1H3,(H,28,29)/t19-/m1/s1. The molecule has 0 amide bonds. The first-order valence-electron chi connectivity index (χ1n) is 10.1. The summed E-state index contributed by atoms with van der Waals surface area (Å²) in [5.74, 6) is 1.22. The Labute approximate surface area is 176 Å². The zero-order valence-electron chi connectivity index (χ0n) is 16.9. The number of carboxylic acid groups (broad SMARTS) is 1. The molecule has 2 aromatic carbocycles. The average Bonchev–Trinajstić information content (AvgIpc) is 3.22. The van der Waals surface area contributed by atoms with Gasteiger partial charge in [0.1, 0.15) is 22.9 Å². The van der Waals surface area contributed by atoms with Gasteiger partial charge in [0.05, 0.1) is 0 Å². The minimum atomic E-state index is -0.949. The zero-order chi connectivity index (χ0) is 20.9. The first-order chi connectivity index (χ1) is 14.6. The molecule has 4 rings (SSSR count). The van der Waals surface area contributed by atoms with Crippen molar-refractivity contribution in [2.24, 2.45) is 0 Å². The summed E-state index contributed by atoms with van der Waals surface area (Å²) in [5.41, 5.74) is 1.43. The Morgan fingerprint density at radius 3 is 2.73 bits per heavy atom. The SMILES string of the molecule is CN(c1ncccc1C(=O)O)[C@@H]1CCN(Cc2cccc(Oc3ccccc3)c2)C1. The number of hydrogen-bond donors (Lipinski definition) is 1. The van der Waals surface area contributed by atoms with Crippen LogP contribution in [0.5, 0.6) is 11.5 Å². The largest absolute Gasteiger partial charge is 0.478 e. The highest BCUT2D eigenvalue weighted by Crippen LogP contribution is 2.26. The fraction of sp³-hybridized carbons (Fsp3) is 0.250. The van der Waals surface area contributed by atoms with Crippen LogP contribution >= 0.6 is 0 Å². The summed E-state index contributed by atoms with van der Waals surface area (Å²) in [6, 6.07) is 21.4. The third-order valence-electron chi connectivity index (χ3n) is 5.43. The van der Waals surface area contributed by atoms with Crippen molar-refractivity contribution >= 4 is 11.8 Å². The van der Waals surface area contributed by atoms with E-state index in [0.29, 0.717) is 5.82 Å². The van der Waals surface area contributed by atoms with E-state index >= 15 is 0 Å². The van der Waals surface area contributed by atoms with Crippen LogP contribution in [0, 0.1) is 0 Å². The molecule has 2 heterocycles. The van der Waals surface area contributed by atoms with E-state index in [9.17, 15) is 9.90 Å². The molecule has 0 saturated carbocycles. The van der Waals surface area contributed by atoms with Crippen molar-refractivity contribution in [2.75, 3.05) is 25.0 Å². The fourth-order valence-electron chi connectivity index (χ4n) is 3.88. The van der Waals surface area contributed by atoms with Crippen LogP contribution in [0.25, 0.3) is 0 Å². The second kappa shape index (κ2) is 8.97. The molecule has 1 atom stereocenters. The van der Waals surface area contributed by atoms with Crippen molar-refractivity contribution in [3.63, 3.8) is 0 Å². The number of hydrogen-bond acceptors (Lipinski definition) is 5. The van der Waals surface area contributed by atoms with Gasteiger partial charge in [0.2, 0.25) is 0 Å². The number of nitrogens with zero attached hydrogens (tertiary/aromatic N) is 3. The minimum absolute atomic E-state index is 0.224. The summed E-state index contributed by atoms with van der Waals surface area (Å²) in [6.45, 7) is 2.63. The smallest absolute Gasteiger partial charge is 0.339 e. The minimum Gasteiger partial charge on any atom is -0.478 e. The molecule has 1 aliphatic heterocycles. The zero-order valence-corrected chi connectivity index (χ0v) is 16.9. The highest BCUT2D eigenvalue weighted by atomic mass is 16.5. The molecule has 0 radical (unpaired) electrons. The molecule has 0 bridgehead atoms. The molecule has 0 unspecified atom stereocenters. The molecule has 154 valence electrons. The molecule has 0 aliphatic carbocycles. The van der Waals surface area contributed by atoms with Crippen LogP contribution in [-0.2, 0) is 6.54 Å². The lowest BCUT2D eigenvalue weighted by Gasteiger charge is -2.27. The van der Waals surface area contributed by atoms with Crippen molar-refractivity contribution < 1.29 is 14.6 Å². The maximum absolute atomic E-state index is 11.5. The molecule has 1 N–H and O–H groups in total. The molecular weight excluding hydrogens is 378 g/mol. The van der Waals surface area contributed by atoms with Gasteiger partial charge < -0.3 is 14.7 Å². The Morgan fingerprint density at radius 1 is 1.13 bits per heavy atom. The Bertz CT molecular complexity index is 1010. The number of likely N-dealkylation sites (tertiary alicyclic amines) is 1. The molecule has 30 heavy (non-hydrogen) atoms. The van der Waals surface area contributed by atoms with E-state index in [4.69, 9.17) is 4.74 Å². The molecule has 1 aromatic heterocycles. The lowest BCUT2D eigenvalue weighted by molar-refractivity contribution is 0.0697. The number of carbonyl (C=O) groups is 1. The summed E-state index contributed by atoms with van der Waals surface area (Å²) in [5, 5.41) is 9.45. The number of likely N-dealkylation sites (N-methyl/N-ethyl adjacent to an activating group) is 1. The molecule has 3 aromatic rings. The van der Waals surface area contributed by atoms with Crippen LogP contribution < -0.4 is 9.64 Å². The van der Waals surface area contributed by atoms with E-state index in [-0.39, 0.29) is 11.6 Å². The van der Waals surface area contributed by atoms with E-state index in [2.05, 4.69) is 22.0 Å². The lowest BCUT2D eigenvalue weighted by Crippen LogP contribution is -2.36. The topological polar surface area (TPSA) is 65.9 Å². The Hall–Kier alpha value is -3.38. The first-order valence-corrected chi connectivity index (χ1v) is 10.1. The third kappa shape index (κ3) is 4.60. The number of anilines is 1. The van der Waals surface area contributed by atoms with Gasteiger partial charge in [-0.15, -0.1) is 0 Å². The fourth-order valence-corrected chi connectivity index (χ4v) is 3.88. The maximum Gasteiger partial charge on any atom is 0.339 e. The van der Waals surface area contributed by atoms with Gasteiger partial charge >= 0.3 is 5.97 Å². The molecule has 6 nitrogen and oxygen atoms in total. The quantitative estimate of drug-likeness (QED) is 0.635. The second-order valence-electron chi connectivity index (χ2n) is 7.53. The summed E-state index contributed by atoms with van der Waals surface area (Å²) in [6.07, 6.45) is 2.61. The van der Waals surface area contributed by atoms with Crippen LogP contribution in [0.2, 0.25) is 0 Å². The maximum atomic E-state index is 11.5.